The Morgan fingerprint density at radius 1 is 1.25 bits per heavy atom. The highest BCUT2D eigenvalue weighted by Gasteiger charge is 2.27. The number of nitrogens with zero attached hydrogens (tertiary/aromatic N) is 1. The van der Waals surface area contributed by atoms with Crippen LogP contribution < -0.4 is 5.73 Å². The van der Waals surface area contributed by atoms with E-state index in [1.54, 1.807) is 11.3 Å². The summed E-state index contributed by atoms with van der Waals surface area (Å²) in [6, 6.07) is 11.7. The van der Waals surface area contributed by atoms with Crippen LogP contribution in [0.15, 0.2) is 41.8 Å². The number of carbonyl (C=O) groups is 2. The van der Waals surface area contributed by atoms with Crippen LogP contribution in [0.1, 0.15) is 28.5 Å². The third kappa shape index (κ3) is 4.01. The van der Waals surface area contributed by atoms with Gasteiger partial charge in [0.05, 0.1) is 19.6 Å². The van der Waals surface area contributed by atoms with Crippen molar-refractivity contribution in [3.05, 3.63) is 57.8 Å². The van der Waals surface area contributed by atoms with Gasteiger partial charge in [-0.05, 0) is 29.0 Å². The predicted octanol–water partition coefficient (Wildman–Crippen LogP) is 2.27. The average molecular weight is 344 g/mol. The summed E-state index contributed by atoms with van der Waals surface area (Å²) in [6.45, 7) is 0.903. The van der Waals surface area contributed by atoms with Gasteiger partial charge in [0.2, 0.25) is 11.8 Å². The van der Waals surface area contributed by atoms with Gasteiger partial charge in [0.15, 0.2) is 0 Å². The van der Waals surface area contributed by atoms with Gasteiger partial charge in [0, 0.05) is 11.4 Å². The van der Waals surface area contributed by atoms with Crippen LogP contribution in [-0.2, 0) is 27.3 Å². The van der Waals surface area contributed by atoms with E-state index in [9.17, 15) is 9.59 Å². The smallest absolute Gasteiger partial charge is 0.237 e. The summed E-state index contributed by atoms with van der Waals surface area (Å²) < 4.78 is 5.79. The number of ether oxygens (including phenoxy) is 1. The maximum atomic E-state index is 12.7. The lowest BCUT2D eigenvalue weighted by Gasteiger charge is -2.27. The molecular weight excluding hydrogens is 324 g/mol. The normalized spacial score (nSPS) is 16.4. The van der Waals surface area contributed by atoms with E-state index in [0.717, 1.165) is 16.9 Å². The van der Waals surface area contributed by atoms with Crippen molar-refractivity contribution in [1.29, 1.82) is 0 Å². The monoisotopic (exact) mass is 344 g/mol. The zero-order chi connectivity index (χ0) is 16.9. The van der Waals surface area contributed by atoms with Gasteiger partial charge in [-0.3, -0.25) is 9.59 Å². The van der Waals surface area contributed by atoms with E-state index in [2.05, 4.69) is 6.07 Å². The van der Waals surface area contributed by atoms with Gasteiger partial charge in [0.1, 0.15) is 6.10 Å². The molecule has 0 spiro atoms. The summed E-state index contributed by atoms with van der Waals surface area (Å²) in [6.07, 6.45) is 0.888. The molecule has 0 bridgehead atoms. The maximum Gasteiger partial charge on any atom is 0.237 e. The van der Waals surface area contributed by atoms with E-state index >= 15 is 0 Å². The molecule has 0 aliphatic carbocycles. The lowest BCUT2D eigenvalue weighted by molar-refractivity contribution is -0.138. The second kappa shape index (κ2) is 7.59. The summed E-state index contributed by atoms with van der Waals surface area (Å²) in [4.78, 5) is 26.7. The van der Waals surface area contributed by atoms with Crippen molar-refractivity contribution in [2.75, 3.05) is 13.2 Å². The molecule has 6 heteroatoms. The molecule has 2 heterocycles. The van der Waals surface area contributed by atoms with Crippen molar-refractivity contribution in [2.45, 2.75) is 25.5 Å². The Hall–Kier alpha value is -2.18. The number of fused-ring (bicyclic) bond motifs is 1. The van der Waals surface area contributed by atoms with E-state index in [0.29, 0.717) is 13.2 Å². The van der Waals surface area contributed by atoms with Crippen LogP contribution in [0.25, 0.3) is 0 Å². The Labute approximate surface area is 145 Å². The molecule has 2 N–H and O–H groups in total. The largest absolute Gasteiger partial charge is 0.372 e. The fourth-order valence-corrected chi connectivity index (χ4v) is 3.89. The fourth-order valence-electron chi connectivity index (χ4n) is 2.89. The van der Waals surface area contributed by atoms with Crippen LogP contribution in [0.5, 0.6) is 0 Å². The van der Waals surface area contributed by atoms with E-state index < -0.39 is 5.91 Å². The molecule has 2 aromatic rings. The lowest BCUT2D eigenvalue weighted by atomic mass is 10.0. The lowest BCUT2D eigenvalue weighted by Crippen LogP contribution is -2.39. The highest BCUT2D eigenvalue weighted by atomic mass is 32.1. The van der Waals surface area contributed by atoms with Crippen molar-refractivity contribution in [3.8, 4) is 0 Å². The molecule has 24 heavy (non-hydrogen) atoms. The zero-order valence-corrected chi connectivity index (χ0v) is 14.1. The number of hydrogen-bond acceptors (Lipinski definition) is 4. The van der Waals surface area contributed by atoms with Crippen molar-refractivity contribution in [3.63, 3.8) is 0 Å². The SMILES string of the molecule is NC(=O)CN(Cc1ccccc1)C(=O)CC1OCCc2ccsc21. The van der Waals surface area contributed by atoms with E-state index in [1.165, 1.54) is 10.5 Å². The standard InChI is InChI=1S/C18H20N2O3S/c19-16(21)12-20(11-13-4-2-1-3-5-13)17(22)10-15-18-14(6-8-23-15)7-9-24-18/h1-5,7,9,15H,6,8,10-12H2,(H2,19,21). The van der Waals surface area contributed by atoms with Gasteiger partial charge < -0.3 is 15.4 Å². The Kier molecular flexibility index (Phi) is 5.27. The van der Waals surface area contributed by atoms with Crippen LogP contribution >= 0.6 is 11.3 Å². The summed E-state index contributed by atoms with van der Waals surface area (Å²) >= 11 is 1.62. The Morgan fingerprint density at radius 3 is 2.79 bits per heavy atom. The van der Waals surface area contributed by atoms with Gasteiger partial charge in [0.25, 0.3) is 0 Å². The Balaban J connectivity index is 1.71. The predicted molar refractivity (Wildman–Crippen MR) is 92.4 cm³/mol. The molecule has 1 aromatic carbocycles. The second-order valence-electron chi connectivity index (χ2n) is 5.83. The third-order valence-electron chi connectivity index (χ3n) is 4.04. The van der Waals surface area contributed by atoms with Gasteiger partial charge in [-0.1, -0.05) is 30.3 Å². The van der Waals surface area contributed by atoms with Crippen molar-refractivity contribution in [1.82, 2.24) is 4.90 Å². The molecule has 3 rings (SSSR count). The Morgan fingerprint density at radius 2 is 2.04 bits per heavy atom. The van der Waals surface area contributed by atoms with Crippen LogP contribution in [0, 0.1) is 0 Å². The Bertz CT molecular complexity index is 714. The highest BCUT2D eigenvalue weighted by Crippen LogP contribution is 2.34. The molecule has 5 nitrogen and oxygen atoms in total. The first-order valence-electron chi connectivity index (χ1n) is 7.91. The minimum absolute atomic E-state index is 0.0856. The van der Waals surface area contributed by atoms with Crippen LogP contribution in [0.2, 0.25) is 0 Å². The molecule has 0 saturated heterocycles. The quantitative estimate of drug-likeness (QED) is 0.874. The number of hydrogen-bond donors (Lipinski definition) is 1. The summed E-state index contributed by atoms with van der Waals surface area (Å²) in [5.74, 6) is -0.635. The summed E-state index contributed by atoms with van der Waals surface area (Å²) in [5, 5.41) is 2.03. The number of benzene rings is 1. The van der Waals surface area contributed by atoms with Crippen LogP contribution in [0.3, 0.4) is 0 Å². The minimum atomic E-state index is -0.513. The van der Waals surface area contributed by atoms with Gasteiger partial charge >= 0.3 is 0 Å². The number of thiophene rings is 1. The molecule has 0 radical (unpaired) electrons. The summed E-state index contributed by atoms with van der Waals surface area (Å²) in [7, 11) is 0. The number of primary amides is 1. The van der Waals surface area contributed by atoms with E-state index in [1.807, 2.05) is 35.7 Å². The van der Waals surface area contributed by atoms with Crippen molar-refractivity contribution in [2.24, 2.45) is 5.73 Å². The van der Waals surface area contributed by atoms with Crippen molar-refractivity contribution >= 4 is 23.2 Å². The van der Waals surface area contributed by atoms with Gasteiger partial charge in [-0.25, -0.2) is 0 Å². The topological polar surface area (TPSA) is 72.6 Å². The van der Waals surface area contributed by atoms with E-state index in [4.69, 9.17) is 10.5 Å². The van der Waals surface area contributed by atoms with Crippen LogP contribution in [-0.4, -0.2) is 29.9 Å². The second-order valence-corrected chi connectivity index (χ2v) is 6.77. The maximum absolute atomic E-state index is 12.7. The van der Waals surface area contributed by atoms with Gasteiger partial charge in [-0.2, -0.15) is 0 Å². The van der Waals surface area contributed by atoms with E-state index in [-0.39, 0.29) is 25.0 Å². The number of amides is 2. The zero-order valence-electron chi connectivity index (χ0n) is 13.3. The number of nitrogens with two attached hydrogens (primary N) is 1. The molecular formula is C18H20N2O3S. The fraction of sp³-hybridized carbons (Fsp3) is 0.333. The molecule has 1 aliphatic rings. The first kappa shape index (κ1) is 16.7. The highest BCUT2D eigenvalue weighted by molar-refractivity contribution is 7.10. The molecule has 0 saturated carbocycles. The molecule has 2 amide bonds. The third-order valence-corrected chi connectivity index (χ3v) is 5.09. The molecule has 1 atom stereocenters. The first-order valence-corrected chi connectivity index (χ1v) is 8.79. The average Bonchev–Trinajstić information content (AvgIpc) is 3.04. The van der Waals surface area contributed by atoms with Crippen molar-refractivity contribution < 1.29 is 14.3 Å². The van der Waals surface area contributed by atoms with Crippen LogP contribution in [0.4, 0.5) is 0 Å². The van der Waals surface area contributed by atoms with Gasteiger partial charge in [-0.15, -0.1) is 11.3 Å². The summed E-state index contributed by atoms with van der Waals surface area (Å²) in [5.41, 5.74) is 7.54. The molecule has 1 aromatic heterocycles. The number of rotatable bonds is 6. The first-order chi connectivity index (χ1) is 11.6. The molecule has 1 unspecified atom stereocenters. The minimum Gasteiger partial charge on any atom is -0.372 e. The molecule has 126 valence electrons. The molecule has 0 fully saturated rings. The number of carbonyl (C=O) groups excluding carboxylic acids is 2. The molecule has 1 aliphatic heterocycles.